The summed E-state index contributed by atoms with van der Waals surface area (Å²) in [5.41, 5.74) is 0. The van der Waals surface area contributed by atoms with E-state index in [4.69, 9.17) is 0 Å². The van der Waals surface area contributed by atoms with Crippen molar-refractivity contribution in [1.29, 1.82) is 0 Å². The maximum atomic E-state index is 3.78. The number of hydrogen-bond acceptors (Lipinski definition) is 2. The molecule has 0 amide bonds. The lowest BCUT2D eigenvalue weighted by atomic mass is 10.0. The fourth-order valence-corrected chi connectivity index (χ4v) is 3.93. The number of hydrogen-bond donors (Lipinski definition) is 1. The molecule has 0 saturated carbocycles. The van der Waals surface area contributed by atoms with Gasteiger partial charge in [-0.3, -0.25) is 0 Å². The Balaban J connectivity index is 2.17. The smallest absolute Gasteiger partial charge is 0.0201 e. The highest BCUT2D eigenvalue weighted by atomic mass is 32.2. The fourth-order valence-electron chi connectivity index (χ4n) is 2.50. The molecule has 0 radical (unpaired) electrons. The van der Waals surface area contributed by atoms with Crippen LogP contribution in [0.3, 0.4) is 0 Å². The second-order valence-corrected chi connectivity index (χ2v) is 6.39. The van der Waals surface area contributed by atoms with Crippen LogP contribution >= 0.6 is 11.8 Å². The third-order valence-electron chi connectivity index (χ3n) is 3.49. The lowest BCUT2D eigenvalue weighted by Gasteiger charge is -2.24. The van der Waals surface area contributed by atoms with Gasteiger partial charge in [-0.15, -0.1) is 6.58 Å². The molecule has 1 fully saturated rings. The number of unbranched alkanes of at least 4 members (excludes halogenated alkanes) is 3. The van der Waals surface area contributed by atoms with Crippen LogP contribution < -0.4 is 5.32 Å². The van der Waals surface area contributed by atoms with Gasteiger partial charge in [0.25, 0.3) is 0 Å². The molecule has 2 heteroatoms. The maximum Gasteiger partial charge on any atom is 0.0201 e. The molecule has 0 spiro atoms. The van der Waals surface area contributed by atoms with Crippen molar-refractivity contribution in [3.05, 3.63) is 12.7 Å². The predicted octanol–water partition coefficient (Wildman–Crippen LogP) is 4.39. The Kier molecular flexibility index (Phi) is 8.90. The summed E-state index contributed by atoms with van der Waals surface area (Å²) in [6, 6.07) is 0.770. The van der Waals surface area contributed by atoms with E-state index in [9.17, 15) is 0 Å². The third kappa shape index (κ3) is 6.52. The van der Waals surface area contributed by atoms with E-state index < -0.39 is 0 Å². The molecule has 2 unspecified atom stereocenters. The Labute approximate surface area is 112 Å². The molecule has 0 aromatic rings. The van der Waals surface area contributed by atoms with Crippen LogP contribution in [0.2, 0.25) is 0 Å². The van der Waals surface area contributed by atoms with Crippen LogP contribution in [0.5, 0.6) is 0 Å². The second-order valence-electron chi connectivity index (χ2n) is 5.04. The summed E-state index contributed by atoms with van der Waals surface area (Å²) >= 11 is 2.19. The molecule has 1 heterocycles. The number of allylic oxidation sites excluding steroid dienone is 1. The standard InChI is InChI=1S/C15H29NS/c1-3-5-6-7-8-10-14(16-12-4-2)15-11-9-13-17-15/h3,14-16H,1,4-13H2,2H3. The van der Waals surface area contributed by atoms with Gasteiger partial charge in [-0.25, -0.2) is 0 Å². The van der Waals surface area contributed by atoms with Crippen LogP contribution in [0.25, 0.3) is 0 Å². The van der Waals surface area contributed by atoms with Crippen molar-refractivity contribution in [1.82, 2.24) is 5.32 Å². The Hall–Kier alpha value is 0.0500. The van der Waals surface area contributed by atoms with Crippen LogP contribution in [-0.2, 0) is 0 Å². The number of thioether (sulfide) groups is 1. The molecule has 1 rings (SSSR count). The Morgan fingerprint density at radius 1 is 1.41 bits per heavy atom. The summed E-state index contributed by atoms with van der Waals surface area (Å²) < 4.78 is 0. The van der Waals surface area contributed by atoms with Crippen molar-refractivity contribution in [3.63, 3.8) is 0 Å². The Morgan fingerprint density at radius 2 is 2.29 bits per heavy atom. The molecule has 17 heavy (non-hydrogen) atoms. The van der Waals surface area contributed by atoms with E-state index in [2.05, 4.69) is 30.6 Å². The van der Waals surface area contributed by atoms with Crippen molar-refractivity contribution >= 4 is 11.8 Å². The first kappa shape index (κ1) is 15.1. The summed E-state index contributed by atoms with van der Waals surface area (Å²) in [5, 5.41) is 4.65. The van der Waals surface area contributed by atoms with Crippen LogP contribution in [0.4, 0.5) is 0 Å². The normalized spacial score (nSPS) is 21.6. The van der Waals surface area contributed by atoms with Crippen molar-refractivity contribution in [2.24, 2.45) is 0 Å². The van der Waals surface area contributed by atoms with Gasteiger partial charge in [0.2, 0.25) is 0 Å². The molecule has 1 aliphatic rings. The van der Waals surface area contributed by atoms with Gasteiger partial charge in [-0.2, -0.15) is 11.8 Å². The third-order valence-corrected chi connectivity index (χ3v) is 5.01. The highest BCUT2D eigenvalue weighted by molar-refractivity contribution is 8.00. The SMILES string of the molecule is C=CCCCCCC(NCCC)C1CCCS1. The highest BCUT2D eigenvalue weighted by Crippen LogP contribution is 2.30. The first-order chi connectivity index (χ1) is 8.38. The van der Waals surface area contributed by atoms with Crippen molar-refractivity contribution < 1.29 is 0 Å². The second kappa shape index (κ2) is 10.0. The summed E-state index contributed by atoms with van der Waals surface area (Å²) in [4.78, 5) is 0. The van der Waals surface area contributed by atoms with Gasteiger partial charge in [-0.05, 0) is 50.8 Å². The summed E-state index contributed by atoms with van der Waals surface area (Å²) in [6.07, 6.45) is 12.8. The average Bonchev–Trinajstić information content (AvgIpc) is 2.86. The topological polar surface area (TPSA) is 12.0 Å². The zero-order valence-electron chi connectivity index (χ0n) is 11.4. The largest absolute Gasteiger partial charge is 0.313 e. The van der Waals surface area contributed by atoms with Crippen molar-refractivity contribution in [2.75, 3.05) is 12.3 Å². The molecule has 1 saturated heterocycles. The zero-order chi connectivity index (χ0) is 12.3. The predicted molar refractivity (Wildman–Crippen MR) is 80.8 cm³/mol. The van der Waals surface area contributed by atoms with Crippen LogP contribution in [0.15, 0.2) is 12.7 Å². The molecule has 1 nitrogen and oxygen atoms in total. The minimum atomic E-state index is 0.770. The van der Waals surface area contributed by atoms with Gasteiger partial charge in [-0.1, -0.05) is 25.8 Å². The first-order valence-corrected chi connectivity index (χ1v) is 8.39. The Bertz CT molecular complexity index is 187. The monoisotopic (exact) mass is 255 g/mol. The molecule has 0 aliphatic carbocycles. The van der Waals surface area contributed by atoms with E-state index in [0.717, 1.165) is 11.3 Å². The summed E-state index contributed by atoms with van der Waals surface area (Å²) in [7, 11) is 0. The van der Waals surface area contributed by atoms with E-state index in [0.29, 0.717) is 0 Å². The summed E-state index contributed by atoms with van der Waals surface area (Å²) in [5.74, 6) is 1.38. The first-order valence-electron chi connectivity index (χ1n) is 7.34. The van der Waals surface area contributed by atoms with Crippen LogP contribution in [0, 0.1) is 0 Å². The summed E-state index contributed by atoms with van der Waals surface area (Å²) in [6.45, 7) is 7.23. The van der Waals surface area contributed by atoms with Gasteiger partial charge in [0.1, 0.15) is 0 Å². The van der Waals surface area contributed by atoms with E-state index in [1.54, 1.807) is 0 Å². The molecule has 0 bridgehead atoms. The number of nitrogens with one attached hydrogen (secondary N) is 1. The quantitative estimate of drug-likeness (QED) is 0.459. The molecular weight excluding hydrogens is 226 g/mol. The van der Waals surface area contributed by atoms with Gasteiger partial charge in [0.05, 0.1) is 0 Å². The van der Waals surface area contributed by atoms with Gasteiger partial charge in [0.15, 0.2) is 0 Å². The van der Waals surface area contributed by atoms with E-state index in [-0.39, 0.29) is 0 Å². The Morgan fingerprint density at radius 3 is 2.94 bits per heavy atom. The van der Waals surface area contributed by atoms with Gasteiger partial charge in [0, 0.05) is 11.3 Å². The van der Waals surface area contributed by atoms with Crippen molar-refractivity contribution in [3.8, 4) is 0 Å². The average molecular weight is 255 g/mol. The number of rotatable bonds is 10. The molecule has 2 atom stereocenters. The van der Waals surface area contributed by atoms with Crippen LogP contribution in [0.1, 0.15) is 58.3 Å². The minimum Gasteiger partial charge on any atom is -0.313 e. The lowest BCUT2D eigenvalue weighted by Crippen LogP contribution is -2.37. The molecular formula is C15H29NS. The lowest BCUT2D eigenvalue weighted by molar-refractivity contribution is 0.438. The van der Waals surface area contributed by atoms with Crippen molar-refractivity contribution in [2.45, 2.75) is 69.6 Å². The minimum absolute atomic E-state index is 0.770. The fraction of sp³-hybridized carbons (Fsp3) is 0.867. The highest BCUT2D eigenvalue weighted by Gasteiger charge is 2.24. The van der Waals surface area contributed by atoms with Gasteiger partial charge < -0.3 is 5.32 Å². The van der Waals surface area contributed by atoms with Gasteiger partial charge >= 0.3 is 0 Å². The zero-order valence-corrected chi connectivity index (χ0v) is 12.2. The van der Waals surface area contributed by atoms with E-state index in [1.165, 1.54) is 63.7 Å². The molecule has 0 aromatic heterocycles. The van der Waals surface area contributed by atoms with E-state index in [1.807, 2.05) is 6.08 Å². The molecule has 1 N–H and O–H groups in total. The van der Waals surface area contributed by atoms with E-state index >= 15 is 0 Å². The molecule has 100 valence electrons. The maximum absolute atomic E-state index is 3.78. The molecule has 0 aromatic carbocycles. The molecule has 1 aliphatic heterocycles. The van der Waals surface area contributed by atoms with Crippen LogP contribution in [-0.4, -0.2) is 23.6 Å².